The number of ether oxygens (including phenoxy) is 4. The van der Waals surface area contributed by atoms with E-state index < -0.39 is 17.0 Å². The molecule has 0 spiro atoms. The fourth-order valence-electron chi connectivity index (χ4n) is 5.56. The SMILES string of the molecule is COC(=O)c1c(C)[nH]c2c(OC(=O)Oc3ccc([N+](=O)[O-])cc3)cc3c(c12)[C@H](CBr)CN3C(=O)/C=C/c1ccc(OC)c(N(C)C)c1. The van der Waals surface area contributed by atoms with E-state index in [0.29, 0.717) is 38.9 Å². The second-order valence-corrected chi connectivity index (χ2v) is 11.5. The Hall–Kier alpha value is -5.37. The maximum atomic E-state index is 13.8. The highest BCUT2D eigenvalue weighted by atomic mass is 79.9. The third kappa shape index (κ3) is 6.49. The molecule has 47 heavy (non-hydrogen) atoms. The minimum atomic E-state index is -1.13. The van der Waals surface area contributed by atoms with Gasteiger partial charge in [-0.15, -0.1) is 0 Å². The van der Waals surface area contributed by atoms with Gasteiger partial charge in [0, 0.05) is 67.2 Å². The Kier molecular flexibility index (Phi) is 9.51. The van der Waals surface area contributed by atoms with Gasteiger partial charge in [-0.25, -0.2) is 9.59 Å². The highest BCUT2D eigenvalue weighted by molar-refractivity contribution is 9.09. The maximum absolute atomic E-state index is 13.8. The number of anilines is 2. The number of alkyl halides is 1. The number of nitrogens with one attached hydrogen (secondary N) is 1. The molecule has 0 unspecified atom stereocenters. The molecule has 1 atom stereocenters. The number of rotatable bonds is 9. The molecule has 0 saturated heterocycles. The predicted octanol–water partition coefficient (Wildman–Crippen LogP) is 6.36. The van der Waals surface area contributed by atoms with Crippen molar-refractivity contribution in [2.24, 2.45) is 0 Å². The molecule has 13 nitrogen and oxygen atoms in total. The molecule has 14 heteroatoms. The van der Waals surface area contributed by atoms with Crippen LogP contribution in [0.1, 0.15) is 33.1 Å². The first kappa shape index (κ1) is 33.0. The number of nitro benzene ring substituents is 1. The lowest BCUT2D eigenvalue weighted by atomic mass is 9.95. The fraction of sp³-hybridized carbons (Fsp3) is 0.242. The second-order valence-electron chi connectivity index (χ2n) is 10.8. The molecule has 0 fully saturated rings. The summed E-state index contributed by atoms with van der Waals surface area (Å²) in [6.07, 6.45) is 2.03. The van der Waals surface area contributed by atoms with E-state index in [4.69, 9.17) is 18.9 Å². The number of non-ortho nitro benzene ring substituents is 1. The smallest absolute Gasteiger partial charge is 0.495 e. The summed E-state index contributed by atoms with van der Waals surface area (Å²) in [5.74, 6) is -0.428. The number of benzene rings is 3. The van der Waals surface area contributed by atoms with Crippen LogP contribution < -0.4 is 24.0 Å². The molecule has 0 radical (unpaired) electrons. The first-order valence-electron chi connectivity index (χ1n) is 14.3. The first-order chi connectivity index (χ1) is 22.5. The number of hydrogen-bond donors (Lipinski definition) is 1. The van der Waals surface area contributed by atoms with Gasteiger partial charge in [0.2, 0.25) is 0 Å². The number of aromatic amines is 1. The summed E-state index contributed by atoms with van der Waals surface area (Å²) in [6.45, 7) is 1.98. The number of carbonyl (C=O) groups excluding carboxylic acids is 3. The normalized spacial score (nSPS) is 13.8. The van der Waals surface area contributed by atoms with Crippen LogP contribution in [0.15, 0.2) is 54.6 Å². The van der Waals surface area contributed by atoms with Crippen molar-refractivity contribution in [1.82, 2.24) is 4.98 Å². The van der Waals surface area contributed by atoms with Crippen LogP contribution in [0.25, 0.3) is 17.0 Å². The Morgan fingerprint density at radius 1 is 1.09 bits per heavy atom. The van der Waals surface area contributed by atoms with Crippen molar-refractivity contribution >= 4 is 68.0 Å². The third-order valence-corrected chi connectivity index (χ3v) is 8.52. The number of esters is 1. The molecule has 1 aromatic heterocycles. The molecule has 5 rings (SSSR count). The van der Waals surface area contributed by atoms with E-state index in [1.807, 2.05) is 37.2 Å². The van der Waals surface area contributed by atoms with Gasteiger partial charge in [-0.1, -0.05) is 22.0 Å². The molecular formula is C33H31BrN4O9. The van der Waals surface area contributed by atoms with Crippen molar-refractivity contribution in [2.45, 2.75) is 12.8 Å². The topological polar surface area (TPSA) is 154 Å². The zero-order valence-corrected chi connectivity index (χ0v) is 27.7. The highest BCUT2D eigenvalue weighted by Crippen LogP contribution is 2.48. The number of nitrogens with zero attached hydrogens (tertiary/aromatic N) is 3. The molecule has 2 heterocycles. The summed E-state index contributed by atoms with van der Waals surface area (Å²) < 4.78 is 21.4. The van der Waals surface area contributed by atoms with E-state index in [1.54, 1.807) is 31.1 Å². The van der Waals surface area contributed by atoms with Crippen molar-refractivity contribution < 1.29 is 38.3 Å². The van der Waals surface area contributed by atoms with Crippen molar-refractivity contribution in [3.63, 3.8) is 0 Å². The lowest BCUT2D eigenvalue weighted by Crippen LogP contribution is -2.28. The Balaban J connectivity index is 1.55. The summed E-state index contributed by atoms with van der Waals surface area (Å²) in [6, 6.07) is 12.0. The first-order valence-corrected chi connectivity index (χ1v) is 15.4. The van der Waals surface area contributed by atoms with Crippen molar-refractivity contribution in [3.05, 3.63) is 87.1 Å². The molecule has 3 aromatic carbocycles. The monoisotopic (exact) mass is 706 g/mol. The van der Waals surface area contributed by atoms with Crippen LogP contribution in [-0.2, 0) is 9.53 Å². The van der Waals surface area contributed by atoms with E-state index in [0.717, 1.165) is 11.3 Å². The fourth-order valence-corrected chi connectivity index (χ4v) is 6.09. The van der Waals surface area contributed by atoms with Crippen molar-refractivity contribution in [2.75, 3.05) is 50.0 Å². The summed E-state index contributed by atoms with van der Waals surface area (Å²) in [5, 5.41) is 11.9. The number of H-pyrrole nitrogens is 1. The predicted molar refractivity (Wildman–Crippen MR) is 179 cm³/mol. The van der Waals surface area contributed by atoms with Crippen LogP contribution in [0.3, 0.4) is 0 Å². The van der Waals surface area contributed by atoms with E-state index in [1.165, 1.54) is 37.5 Å². The molecule has 1 N–H and O–H groups in total. The van der Waals surface area contributed by atoms with Gasteiger partial charge >= 0.3 is 12.1 Å². The average molecular weight is 708 g/mol. The number of hydrogen-bond acceptors (Lipinski definition) is 10. The van der Waals surface area contributed by atoms with Gasteiger partial charge in [0.05, 0.1) is 41.6 Å². The van der Waals surface area contributed by atoms with Crippen molar-refractivity contribution in [1.29, 1.82) is 0 Å². The highest BCUT2D eigenvalue weighted by Gasteiger charge is 2.37. The molecule has 4 aromatic rings. The van der Waals surface area contributed by atoms with E-state index in [-0.39, 0.29) is 41.1 Å². The molecule has 0 bridgehead atoms. The van der Waals surface area contributed by atoms with Gasteiger partial charge < -0.3 is 33.7 Å². The van der Waals surface area contributed by atoms with E-state index in [2.05, 4.69) is 20.9 Å². The Labute approximate surface area is 277 Å². The summed E-state index contributed by atoms with van der Waals surface area (Å²) in [7, 11) is 6.65. The maximum Gasteiger partial charge on any atom is 0.519 e. The number of aromatic nitrogens is 1. The van der Waals surface area contributed by atoms with E-state index in [9.17, 15) is 24.5 Å². The molecule has 244 valence electrons. The van der Waals surface area contributed by atoms with Crippen LogP contribution in [-0.4, -0.2) is 68.1 Å². The Bertz CT molecular complexity index is 1920. The summed E-state index contributed by atoms with van der Waals surface area (Å²) in [4.78, 5) is 56.7. The van der Waals surface area contributed by atoms with Gasteiger partial charge in [0.1, 0.15) is 11.5 Å². The van der Waals surface area contributed by atoms with Gasteiger partial charge in [-0.05, 0) is 48.4 Å². The molecule has 1 amide bonds. The molecule has 1 aliphatic rings. The number of amides is 1. The zero-order valence-electron chi connectivity index (χ0n) is 26.2. The largest absolute Gasteiger partial charge is 0.519 e. The number of aryl methyl sites for hydroxylation is 1. The summed E-state index contributed by atoms with van der Waals surface area (Å²) >= 11 is 3.57. The number of halogens is 1. The third-order valence-electron chi connectivity index (χ3n) is 7.74. The lowest BCUT2D eigenvalue weighted by Gasteiger charge is -2.18. The van der Waals surface area contributed by atoms with Crippen LogP contribution in [0.2, 0.25) is 0 Å². The Morgan fingerprint density at radius 3 is 2.43 bits per heavy atom. The van der Waals surface area contributed by atoms with Crippen LogP contribution >= 0.6 is 15.9 Å². The molecule has 0 aliphatic carbocycles. The minimum Gasteiger partial charge on any atom is -0.495 e. The summed E-state index contributed by atoms with van der Waals surface area (Å²) in [5.41, 5.74) is 3.67. The average Bonchev–Trinajstić information content (AvgIpc) is 3.60. The van der Waals surface area contributed by atoms with E-state index >= 15 is 0 Å². The van der Waals surface area contributed by atoms with Crippen LogP contribution in [0, 0.1) is 17.0 Å². The van der Waals surface area contributed by atoms with Crippen LogP contribution in [0.5, 0.6) is 17.2 Å². The zero-order chi connectivity index (χ0) is 34.0. The number of carbonyl (C=O) groups is 3. The van der Waals surface area contributed by atoms with Gasteiger partial charge in [0.25, 0.3) is 11.6 Å². The molecule has 1 aliphatic heterocycles. The standard InChI is InChI=1S/C33H31BrN4O9/c1-18-28(32(40)45-5)30-29-20(16-34)17-37(27(39)13-7-19-6-12-25(44-4)23(14-19)36(2)3)24(29)15-26(31(30)35-18)47-33(41)46-22-10-8-21(9-11-22)38(42)43/h6-15,20,35H,16-17H2,1-5H3/b13-7+/t20-/m1/s1. The Morgan fingerprint density at radius 2 is 1.81 bits per heavy atom. The lowest BCUT2D eigenvalue weighted by molar-refractivity contribution is -0.384. The van der Waals surface area contributed by atoms with Gasteiger partial charge in [-0.2, -0.15) is 0 Å². The van der Waals surface area contributed by atoms with Crippen molar-refractivity contribution in [3.8, 4) is 17.2 Å². The van der Waals surface area contributed by atoms with Crippen LogP contribution in [0.4, 0.5) is 21.9 Å². The van der Waals surface area contributed by atoms with Gasteiger partial charge in [-0.3, -0.25) is 14.9 Å². The number of methoxy groups -OCH3 is 2. The molecule has 0 saturated carbocycles. The number of fused-ring (bicyclic) bond motifs is 3. The molecular weight excluding hydrogens is 676 g/mol. The second kappa shape index (κ2) is 13.5. The van der Waals surface area contributed by atoms with Gasteiger partial charge in [0.15, 0.2) is 5.75 Å². The number of nitro groups is 1. The quantitative estimate of drug-likeness (QED) is 0.0519. The minimum absolute atomic E-state index is 0.00620.